The standard InChI is InChI=1S/C17H18O4/c1-17(2,21-16(18)19-3)12-8-14-20-13-7-11-15-9-5-4-6-10-15/h4-6,9-10H,13-14H2,1-3H3. The molecule has 110 valence electrons. The van der Waals surface area contributed by atoms with E-state index < -0.39 is 11.8 Å². The number of carbonyl (C=O) groups excluding carboxylic acids is 1. The lowest BCUT2D eigenvalue weighted by Gasteiger charge is -2.16. The number of hydrogen-bond acceptors (Lipinski definition) is 4. The molecule has 0 radical (unpaired) electrons. The predicted molar refractivity (Wildman–Crippen MR) is 79.5 cm³/mol. The fourth-order valence-corrected chi connectivity index (χ4v) is 1.34. The topological polar surface area (TPSA) is 44.8 Å². The van der Waals surface area contributed by atoms with Gasteiger partial charge in [0.15, 0.2) is 5.60 Å². The average molecular weight is 286 g/mol. The van der Waals surface area contributed by atoms with Gasteiger partial charge in [0.2, 0.25) is 0 Å². The van der Waals surface area contributed by atoms with Crippen molar-refractivity contribution in [1.29, 1.82) is 0 Å². The molecule has 0 saturated heterocycles. The van der Waals surface area contributed by atoms with Crippen LogP contribution in [0.5, 0.6) is 0 Å². The van der Waals surface area contributed by atoms with Crippen molar-refractivity contribution >= 4 is 6.16 Å². The van der Waals surface area contributed by atoms with Gasteiger partial charge in [0.25, 0.3) is 0 Å². The zero-order chi connectivity index (χ0) is 15.6. The Hall–Kier alpha value is -2.43. The highest BCUT2D eigenvalue weighted by atomic mass is 16.7. The van der Waals surface area contributed by atoms with Crippen LogP contribution in [0.1, 0.15) is 19.4 Å². The molecule has 4 nitrogen and oxygen atoms in total. The minimum atomic E-state index is -0.911. The molecule has 0 N–H and O–H groups in total. The Morgan fingerprint density at radius 3 is 2.48 bits per heavy atom. The smallest absolute Gasteiger partial charge is 0.438 e. The Balaban J connectivity index is 2.30. The minimum Gasteiger partial charge on any atom is -0.438 e. The first-order chi connectivity index (χ1) is 10.0. The SMILES string of the molecule is COC(=O)OC(C)(C)C#CCOCC#Cc1ccccc1. The molecule has 21 heavy (non-hydrogen) atoms. The lowest BCUT2D eigenvalue weighted by molar-refractivity contribution is 0.0220. The Morgan fingerprint density at radius 2 is 1.81 bits per heavy atom. The van der Waals surface area contributed by atoms with E-state index in [0.717, 1.165) is 5.56 Å². The molecule has 4 heteroatoms. The van der Waals surface area contributed by atoms with E-state index in [9.17, 15) is 4.79 Å². The summed E-state index contributed by atoms with van der Waals surface area (Å²) in [6, 6.07) is 9.66. The lowest BCUT2D eigenvalue weighted by atomic mass is 10.1. The van der Waals surface area contributed by atoms with Crippen LogP contribution in [-0.2, 0) is 14.2 Å². The second-order valence-corrected chi connectivity index (χ2v) is 4.53. The molecule has 0 aliphatic rings. The van der Waals surface area contributed by atoms with Gasteiger partial charge in [0, 0.05) is 5.56 Å². The zero-order valence-corrected chi connectivity index (χ0v) is 12.4. The molecular weight excluding hydrogens is 268 g/mol. The largest absolute Gasteiger partial charge is 0.509 e. The molecule has 0 aromatic heterocycles. The molecule has 0 bridgehead atoms. The molecule has 0 spiro atoms. The summed E-state index contributed by atoms with van der Waals surface area (Å²) in [5, 5.41) is 0. The maximum Gasteiger partial charge on any atom is 0.509 e. The van der Waals surface area contributed by atoms with E-state index in [1.54, 1.807) is 13.8 Å². The Labute approximate surface area is 125 Å². The summed E-state index contributed by atoms with van der Waals surface area (Å²) in [6.45, 7) is 3.86. The Morgan fingerprint density at radius 1 is 1.14 bits per heavy atom. The van der Waals surface area contributed by atoms with Gasteiger partial charge >= 0.3 is 6.16 Å². The molecule has 0 unspecified atom stereocenters. The van der Waals surface area contributed by atoms with Gasteiger partial charge < -0.3 is 14.2 Å². The molecule has 0 aliphatic heterocycles. The molecule has 1 aromatic rings. The van der Waals surface area contributed by atoms with E-state index in [1.807, 2.05) is 30.3 Å². The van der Waals surface area contributed by atoms with E-state index in [1.165, 1.54) is 7.11 Å². The van der Waals surface area contributed by atoms with Crippen molar-refractivity contribution in [2.45, 2.75) is 19.4 Å². The predicted octanol–water partition coefficient (Wildman–Crippen LogP) is 2.62. The van der Waals surface area contributed by atoms with Crippen molar-refractivity contribution in [3.63, 3.8) is 0 Å². The number of rotatable bonds is 3. The first kappa shape index (κ1) is 16.6. The zero-order valence-electron chi connectivity index (χ0n) is 12.4. The minimum absolute atomic E-state index is 0.220. The van der Waals surface area contributed by atoms with Gasteiger partial charge in [-0.1, -0.05) is 41.9 Å². The summed E-state index contributed by atoms with van der Waals surface area (Å²) in [5.41, 5.74) is 0.0337. The van der Waals surface area contributed by atoms with Gasteiger partial charge in [-0.05, 0) is 26.0 Å². The second-order valence-electron chi connectivity index (χ2n) is 4.53. The van der Waals surface area contributed by atoms with Crippen molar-refractivity contribution in [3.8, 4) is 23.7 Å². The molecule has 1 aromatic carbocycles. The molecule has 0 aliphatic carbocycles. The normalized spacial score (nSPS) is 9.67. The van der Waals surface area contributed by atoms with E-state index >= 15 is 0 Å². The van der Waals surface area contributed by atoms with E-state index in [4.69, 9.17) is 9.47 Å². The second kappa shape index (κ2) is 8.68. The van der Waals surface area contributed by atoms with Crippen LogP contribution >= 0.6 is 0 Å². The van der Waals surface area contributed by atoms with Crippen LogP contribution in [0.15, 0.2) is 30.3 Å². The Bertz CT molecular complexity index is 568. The van der Waals surface area contributed by atoms with Gasteiger partial charge in [-0.25, -0.2) is 4.79 Å². The van der Waals surface area contributed by atoms with Gasteiger partial charge in [-0.15, -0.1) is 0 Å². The van der Waals surface area contributed by atoms with Gasteiger partial charge in [-0.2, -0.15) is 0 Å². The summed E-state index contributed by atoms with van der Waals surface area (Å²) in [7, 11) is 1.25. The Kier molecular flexibility index (Phi) is 6.87. The summed E-state index contributed by atoms with van der Waals surface area (Å²) < 4.78 is 14.6. The molecular formula is C17H18O4. The summed E-state index contributed by atoms with van der Waals surface area (Å²) >= 11 is 0. The average Bonchev–Trinajstić information content (AvgIpc) is 2.46. The number of ether oxygens (including phenoxy) is 3. The molecule has 0 heterocycles. The van der Waals surface area contributed by atoms with Crippen molar-refractivity contribution < 1.29 is 19.0 Å². The van der Waals surface area contributed by atoms with Crippen LogP contribution in [0.25, 0.3) is 0 Å². The van der Waals surface area contributed by atoms with Gasteiger partial charge in [0.05, 0.1) is 7.11 Å². The lowest BCUT2D eigenvalue weighted by Crippen LogP contribution is -2.26. The third-order valence-corrected chi connectivity index (χ3v) is 2.25. The highest BCUT2D eigenvalue weighted by molar-refractivity contribution is 5.60. The third-order valence-electron chi connectivity index (χ3n) is 2.25. The fraction of sp³-hybridized carbons (Fsp3) is 0.353. The summed E-state index contributed by atoms with van der Waals surface area (Å²) in [5.74, 6) is 11.4. The monoisotopic (exact) mass is 286 g/mol. The first-order valence-corrected chi connectivity index (χ1v) is 6.42. The number of hydrogen-bond donors (Lipinski definition) is 0. The highest BCUT2D eigenvalue weighted by Gasteiger charge is 2.19. The fourth-order valence-electron chi connectivity index (χ4n) is 1.34. The third kappa shape index (κ3) is 7.67. The highest BCUT2D eigenvalue weighted by Crippen LogP contribution is 2.08. The van der Waals surface area contributed by atoms with Gasteiger partial charge in [0.1, 0.15) is 13.2 Å². The quantitative estimate of drug-likeness (QED) is 0.487. The van der Waals surface area contributed by atoms with Crippen LogP contribution < -0.4 is 0 Å². The molecule has 0 saturated carbocycles. The van der Waals surface area contributed by atoms with Crippen LogP contribution in [0.2, 0.25) is 0 Å². The maximum absolute atomic E-state index is 11.0. The molecule has 0 atom stereocenters. The van der Waals surface area contributed by atoms with E-state index in [2.05, 4.69) is 28.4 Å². The van der Waals surface area contributed by atoms with Crippen molar-refractivity contribution in [3.05, 3.63) is 35.9 Å². The van der Waals surface area contributed by atoms with E-state index in [-0.39, 0.29) is 6.61 Å². The van der Waals surface area contributed by atoms with Crippen LogP contribution in [-0.4, -0.2) is 32.1 Å². The molecule has 0 fully saturated rings. The number of carbonyl (C=O) groups is 1. The maximum atomic E-state index is 11.0. The van der Waals surface area contributed by atoms with Crippen molar-refractivity contribution in [2.75, 3.05) is 20.3 Å². The van der Waals surface area contributed by atoms with Crippen LogP contribution in [0.3, 0.4) is 0 Å². The summed E-state index contributed by atoms with van der Waals surface area (Å²) in [4.78, 5) is 11.0. The molecule has 1 rings (SSSR count). The van der Waals surface area contributed by atoms with Gasteiger partial charge in [-0.3, -0.25) is 0 Å². The molecule has 0 amide bonds. The number of benzene rings is 1. The van der Waals surface area contributed by atoms with Crippen molar-refractivity contribution in [1.82, 2.24) is 0 Å². The first-order valence-electron chi connectivity index (χ1n) is 6.42. The van der Waals surface area contributed by atoms with Crippen LogP contribution in [0.4, 0.5) is 4.79 Å². The summed E-state index contributed by atoms with van der Waals surface area (Å²) in [6.07, 6.45) is -0.760. The van der Waals surface area contributed by atoms with Crippen molar-refractivity contribution in [2.24, 2.45) is 0 Å². The van der Waals surface area contributed by atoms with Crippen LogP contribution in [0, 0.1) is 23.7 Å². The number of methoxy groups -OCH3 is 1. The van der Waals surface area contributed by atoms with E-state index in [0.29, 0.717) is 6.61 Å².